The van der Waals surface area contributed by atoms with E-state index in [2.05, 4.69) is 20.4 Å². The first-order valence-electron chi connectivity index (χ1n) is 6.06. The molecular weight excluding hydrogens is 313 g/mol. The number of aromatic nitrogens is 4. The smallest absolute Gasteiger partial charge is 0.255 e. The van der Waals surface area contributed by atoms with Crippen LogP contribution in [0.1, 0.15) is 5.56 Å². The average molecular weight is 324 g/mol. The third-order valence-corrected chi connectivity index (χ3v) is 3.62. The van der Waals surface area contributed by atoms with Gasteiger partial charge in [0.1, 0.15) is 23.0 Å². The van der Waals surface area contributed by atoms with Gasteiger partial charge in [0.25, 0.3) is 5.78 Å². The lowest BCUT2D eigenvalue weighted by molar-refractivity contribution is 0.417. The zero-order chi connectivity index (χ0) is 15.0. The second-order valence-electron chi connectivity index (χ2n) is 4.32. The molecule has 0 spiro atoms. The molecule has 108 valence electrons. The molecule has 0 aliphatic rings. The van der Waals surface area contributed by atoms with Crippen LogP contribution in [0.25, 0.3) is 5.78 Å². The Morgan fingerprint density at radius 1 is 1.29 bits per heavy atom. The molecule has 0 fully saturated rings. The standard InChI is InChI=1S/C13H11Cl2N5O/c1-7-11(15)19-13-16-6-17-20(13)12(7)18-9-5-8(14)3-4-10(9)21-2/h3-6,18H,1-2H3. The van der Waals surface area contributed by atoms with Crippen LogP contribution in [0, 0.1) is 6.92 Å². The Bertz CT molecular complexity index is 818. The van der Waals surface area contributed by atoms with Crippen molar-refractivity contribution in [3.8, 4) is 5.75 Å². The van der Waals surface area contributed by atoms with Crippen LogP contribution >= 0.6 is 23.2 Å². The van der Waals surface area contributed by atoms with Gasteiger partial charge >= 0.3 is 0 Å². The third-order valence-electron chi connectivity index (χ3n) is 3.02. The summed E-state index contributed by atoms with van der Waals surface area (Å²) in [7, 11) is 1.59. The van der Waals surface area contributed by atoms with E-state index in [9.17, 15) is 0 Å². The van der Waals surface area contributed by atoms with E-state index in [0.29, 0.717) is 33.2 Å². The van der Waals surface area contributed by atoms with E-state index in [1.165, 1.54) is 6.33 Å². The summed E-state index contributed by atoms with van der Waals surface area (Å²) in [6, 6.07) is 5.29. The molecule has 0 bridgehead atoms. The highest BCUT2D eigenvalue weighted by molar-refractivity contribution is 6.31. The molecule has 0 saturated carbocycles. The zero-order valence-electron chi connectivity index (χ0n) is 11.3. The van der Waals surface area contributed by atoms with Crippen molar-refractivity contribution in [2.75, 3.05) is 12.4 Å². The van der Waals surface area contributed by atoms with Gasteiger partial charge in [-0.05, 0) is 25.1 Å². The highest BCUT2D eigenvalue weighted by Crippen LogP contribution is 2.32. The summed E-state index contributed by atoms with van der Waals surface area (Å²) in [4.78, 5) is 8.20. The van der Waals surface area contributed by atoms with Gasteiger partial charge in [-0.2, -0.15) is 19.6 Å². The lowest BCUT2D eigenvalue weighted by atomic mass is 10.2. The van der Waals surface area contributed by atoms with Crippen molar-refractivity contribution >= 4 is 40.5 Å². The number of halogens is 2. The Kier molecular flexibility index (Phi) is 3.57. The molecule has 3 aromatic rings. The topological polar surface area (TPSA) is 64.3 Å². The Morgan fingerprint density at radius 2 is 2.10 bits per heavy atom. The Hall–Kier alpha value is -2.05. The Labute approximate surface area is 130 Å². The van der Waals surface area contributed by atoms with E-state index >= 15 is 0 Å². The second kappa shape index (κ2) is 5.38. The van der Waals surface area contributed by atoms with Crippen molar-refractivity contribution in [3.63, 3.8) is 0 Å². The summed E-state index contributed by atoms with van der Waals surface area (Å²) in [5.74, 6) is 1.72. The van der Waals surface area contributed by atoms with E-state index in [-0.39, 0.29) is 0 Å². The fourth-order valence-electron chi connectivity index (χ4n) is 1.95. The van der Waals surface area contributed by atoms with Crippen LogP contribution < -0.4 is 10.1 Å². The van der Waals surface area contributed by atoms with Crippen molar-refractivity contribution in [3.05, 3.63) is 40.3 Å². The van der Waals surface area contributed by atoms with Gasteiger partial charge in [0.15, 0.2) is 0 Å². The number of hydrogen-bond donors (Lipinski definition) is 1. The molecule has 3 rings (SSSR count). The minimum atomic E-state index is 0.360. The molecule has 21 heavy (non-hydrogen) atoms. The largest absolute Gasteiger partial charge is 0.495 e. The molecule has 0 radical (unpaired) electrons. The van der Waals surface area contributed by atoms with Crippen LogP contribution in [-0.4, -0.2) is 26.7 Å². The van der Waals surface area contributed by atoms with Crippen molar-refractivity contribution in [2.45, 2.75) is 6.92 Å². The van der Waals surface area contributed by atoms with Gasteiger partial charge in [-0.15, -0.1) is 0 Å². The van der Waals surface area contributed by atoms with Gasteiger partial charge < -0.3 is 10.1 Å². The maximum atomic E-state index is 6.13. The van der Waals surface area contributed by atoms with Crippen LogP contribution in [0.4, 0.5) is 11.5 Å². The van der Waals surface area contributed by atoms with E-state index < -0.39 is 0 Å². The number of fused-ring (bicyclic) bond motifs is 1. The number of nitrogens with zero attached hydrogens (tertiary/aromatic N) is 4. The van der Waals surface area contributed by atoms with Crippen molar-refractivity contribution in [2.24, 2.45) is 0 Å². The lowest BCUT2D eigenvalue weighted by Gasteiger charge is -2.14. The van der Waals surface area contributed by atoms with E-state index in [1.807, 2.05) is 6.92 Å². The molecule has 6 nitrogen and oxygen atoms in total. The number of hydrogen-bond acceptors (Lipinski definition) is 5. The van der Waals surface area contributed by atoms with E-state index in [4.69, 9.17) is 27.9 Å². The molecular formula is C13H11Cl2N5O. The third kappa shape index (κ3) is 2.48. The van der Waals surface area contributed by atoms with Gasteiger partial charge in [0, 0.05) is 10.6 Å². The monoisotopic (exact) mass is 323 g/mol. The van der Waals surface area contributed by atoms with Gasteiger partial charge in [0.2, 0.25) is 0 Å². The van der Waals surface area contributed by atoms with Gasteiger partial charge in [-0.25, -0.2) is 0 Å². The first kappa shape index (κ1) is 13.9. The SMILES string of the molecule is COc1ccc(Cl)cc1Nc1c(C)c(Cl)nc2ncnn12. The molecule has 2 aromatic heterocycles. The maximum absolute atomic E-state index is 6.13. The first-order valence-corrected chi connectivity index (χ1v) is 6.82. The molecule has 0 aliphatic heterocycles. The van der Waals surface area contributed by atoms with Crippen LogP contribution in [0.5, 0.6) is 5.75 Å². The van der Waals surface area contributed by atoms with Crippen molar-refractivity contribution in [1.82, 2.24) is 19.6 Å². The molecule has 1 N–H and O–H groups in total. The second-order valence-corrected chi connectivity index (χ2v) is 5.11. The number of ether oxygens (including phenoxy) is 1. The summed E-state index contributed by atoms with van der Waals surface area (Å²) >= 11 is 12.2. The molecule has 0 amide bonds. The number of anilines is 2. The fraction of sp³-hybridized carbons (Fsp3) is 0.154. The minimum Gasteiger partial charge on any atom is -0.495 e. The van der Waals surface area contributed by atoms with Crippen LogP contribution in [-0.2, 0) is 0 Å². The van der Waals surface area contributed by atoms with Crippen molar-refractivity contribution in [1.29, 1.82) is 0 Å². The molecule has 1 aromatic carbocycles. The van der Waals surface area contributed by atoms with Crippen LogP contribution in [0.2, 0.25) is 10.2 Å². The van der Waals surface area contributed by atoms with Crippen LogP contribution in [0.3, 0.4) is 0 Å². The number of rotatable bonds is 3. The summed E-state index contributed by atoms with van der Waals surface area (Å²) < 4.78 is 6.89. The summed E-state index contributed by atoms with van der Waals surface area (Å²) in [6.07, 6.45) is 1.42. The average Bonchev–Trinajstić information content (AvgIpc) is 2.92. The summed E-state index contributed by atoms with van der Waals surface area (Å²) in [5.41, 5.74) is 1.45. The van der Waals surface area contributed by atoms with Crippen LogP contribution in [0.15, 0.2) is 24.5 Å². The Balaban J connectivity index is 2.16. The number of methoxy groups -OCH3 is 1. The zero-order valence-corrected chi connectivity index (χ0v) is 12.8. The van der Waals surface area contributed by atoms with Gasteiger partial charge in [-0.1, -0.05) is 23.2 Å². The predicted molar refractivity (Wildman–Crippen MR) is 81.8 cm³/mol. The normalized spacial score (nSPS) is 10.9. The highest BCUT2D eigenvalue weighted by atomic mass is 35.5. The minimum absolute atomic E-state index is 0.360. The van der Waals surface area contributed by atoms with Crippen molar-refractivity contribution < 1.29 is 4.74 Å². The molecule has 0 unspecified atom stereocenters. The maximum Gasteiger partial charge on any atom is 0.255 e. The molecule has 0 atom stereocenters. The molecule has 0 saturated heterocycles. The van der Waals surface area contributed by atoms with Gasteiger partial charge in [-0.3, -0.25) is 0 Å². The summed E-state index contributed by atoms with van der Waals surface area (Å²) in [5, 5.41) is 8.32. The highest BCUT2D eigenvalue weighted by Gasteiger charge is 2.14. The first-order chi connectivity index (χ1) is 10.1. The molecule has 0 aliphatic carbocycles. The van der Waals surface area contributed by atoms with Gasteiger partial charge in [0.05, 0.1) is 12.8 Å². The Morgan fingerprint density at radius 3 is 2.86 bits per heavy atom. The molecule has 8 heteroatoms. The predicted octanol–water partition coefficient (Wildman–Crippen LogP) is 3.49. The quantitative estimate of drug-likeness (QED) is 0.747. The fourth-order valence-corrected chi connectivity index (χ4v) is 2.29. The number of nitrogens with one attached hydrogen (secondary N) is 1. The molecule has 2 heterocycles. The van der Waals surface area contributed by atoms with E-state index in [1.54, 1.807) is 29.8 Å². The number of benzene rings is 1. The lowest BCUT2D eigenvalue weighted by Crippen LogP contribution is -2.06. The van der Waals surface area contributed by atoms with E-state index in [0.717, 1.165) is 5.56 Å². The summed E-state index contributed by atoms with van der Waals surface area (Å²) in [6.45, 7) is 1.84.